The summed E-state index contributed by atoms with van der Waals surface area (Å²) in [5.74, 6) is 0.598. The molecule has 1 fully saturated rings. The third-order valence-corrected chi connectivity index (χ3v) is 6.40. The molecular weight excluding hydrogens is 462 g/mol. The van der Waals surface area contributed by atoms with Crippen LogP contribution >= 0.6 is 0 Å². The lowest BCUT2D eigenvalue weighted by molar-refractivity contribution is 0.0942. The molecule has 2 N–H and O–H groups in total. The molecule has 4 heterocycles. The Kier molecular flexibility index (Phi) is 6.15. The number of nitrogens with zero attached hydrogens (tertiary/aromatic N) is 8. The third-order valence-electron chi connectivity index (χ3n) is 6.40. The Balaban J connectivity index is 1.62. The fraction of sp³-hybridized carbons (Fsp3) is 0.292. The summed E-state index contributed by atoms with van der Waals surface area (Å²) < 4.78 is 1.63. The van der Waals surface area contributed by atoms with Crippen LogP contribution in [0.2, 0.25) is 0 Å². The van der Waals surface area contributed by atoms with Gasteiger partial charge >= 0.3 is 6.09 Å². The lowest BCUT2D eigenvalue weighted by Gasteiger charge is -2.38. The largest absolute Gasteiger partial charge is 0.465 e. The first-order valence-corrected chi connectivity index (χ1v) is 11.5. The van der Waals surface area contributed by atoms with Crippen molar-refractivity contribution in [3.8, 4) is 22.6 Å². The van der Waals surface area contributed by atoms with Gasteiger partial charge in [0.25, 0.3) is 5.91 Å². The normalized spacial score (nSPS) is 15.6. The van der Waals surface area contributed by atoms with Crippen molar-refractivity contribution >= 4 is 17.8 Å². The molecular formula is C24H25N9O3. The van der Waals surface area contributed by atoms with Crippen LogP contribution in [-0.2, 0) is 7.05 Å². The van der Waals surface area contributed by atoms with E-state index in [-0.39, 0.29) is 18.5 Å². The summed E-state index contributed by atoms with van der Waals surface area (Å²) in [6, 6.07) is 10.6. The average Bonchev–Trinajstić information content (AvgIpc) is 3.55. The van der Waals surface area contributed by atoms with E-state index in [9.17, 15) is 14.7 Å². The number of carboxylic acid groups (broad SMARTS) is 1. The van der Waals surface area contributed by atoms with Crippen LogP contribution in [0.1, 0.15) is 28.8 Å². The zero-order valence-electron chi connectivity index (χ0n) is 19.9. The number of H-pyrrole nitrogens is 1. The molecule has 3 aromatic heterocycles. The monoisotopic (exact) mass is 487 g/mol. The van der Waals surface area contributed by atoms with Crippen LogP contribution in [0.15, 0.2) is 48.8 Å². The minimum atomic E-state index is -0.995. The molecule has 0 saturated carbocycles. The number of amides is 2. The Morgan fingerprint density at radius 1 is 1.17 bits per heavy atom. The van der Waals surface area contributed by atoms with Crippen LogP contribution in [0.5, 0.6) is 0 Å². The van der Waals surface area contributed by atoms with Gasteiger partial charge in [-0.25, -0.2) is 9.78 Å². The molecule has 12 heteroatoms. The van der Waals surface area contributed by atoms with Crippen molar-refractivity contribution in [3.05, 3.63) is 59.9 Å². The molecule has 0 bridgehead atoms. The molecule has 0 spiro atoms. The predicted octanol–water partition coefficient (Wildman–Crippen LogP) is 2.76. The summed E-state index contributed by atoms with van der Waals surface area (Å²) >= 11 is 0. The second-order valence-electron chi connectivity index (χ2n) is 8.66. The molecule has 1 aromatic carbocycles. The van der Waals surface area contributed by atoms with Gasteiger partial charge in [-0.3, -0.25) is 14.4 Å². The highest BCUT2D eigenvalue weighted by Gasteiger charge is 2.35. The number of hydrogen-bond acceptors (Lipinski definition) is 7. The number of likely N-dealkylation sites (tertiary alicyclic amines) is 1. The van der Waals surface area contributed by atoms with Gasteiger partial charge in [-0.15, -0.1) is 10.2 Å². The molecule has 4 aromatic rings. The third kappa shape index (κ3) is 4.17. The van der Waals surface area contributed by atoms with Gasteiger partial charge in [-0.05, 0) is 48.2 Å². The van der Waals surface area contributed by atoms with E-state index in [4.69, 9.17) is 0 Å². The number of hydrogen-bond donors (Lipinski definition) is 2. The fourth-order valence-corrected chi connectivity index (χ4v) is 4.70. The Hall–Kier alpha value is -4.61. The maximum atomic E-state index is 14.3. The summed E-state index contributed by atoms with van der Waals surface area (Å²) in [4.78, 5) is 33.6. The predicted molar refractivity (Wildman–Crippen MR) is 130 cm³/mol. The number of tetrazole rings is 1. The summed E-state index contributed by atoms with van der Waals surface area (Å²) in [7, 11) is 1.77. The van der Waals surface area contributed by atoms with Crippen LogP contribution in [0.4, 0.5) is 10.6 Å². The van der Waals surface area contributed by atoms with E-state index in [1.807, 2.05) is 31.2 Å². The van der Waals surface area contributed by atoms with Gasteiger partial charge in [0.05, 0.1) is 12.2 Å². The standard InChI is InChI=1S/C24H25N9O3/c1-15-7-5-11-25-22(15)33(16-8-6-12-32(14-16)24(35)36)23(34)18-10-4-3-9-17(18)19-13-26-31(2)20(19)21-27-29-30-28-21/h3-5,7,9-11,13,16H,6,8,12,14H2,1-2H3,(H,35,36)(H,27,28,29,30). The smallest absolute Gasteiger partial charge is 0.407 e. The number of aromatic nitrogens is 7. The van der Waals surface area contributed by atoms with Crippen LogP contribution in [0.25, 0.3) is 22.6 Å². The van der Waals surface area contributed by atoms with Crippen molar-refractivity contribution in [2.45, 2.75) is 25.8 Å². The van der Waals surface area contributed by atoms with E-state index in [0.29, 0.717) is 53.4 Å². The molecule has 1 unspecified atom stereocenters. The molecule has 1 aliphatic rings. The molecule has 184 valence electrons. The van der Waals surface area contributed by atoms with E-state index in [0.717, 1.165) is 5.56 Å². The minimum Gasteiger partial charge on any atom is -0.465 e. The van der Waals surface area contributed by atoms with Gasteiger partial charge in [0, 0.05) is 37.5 Å². The number of aryl methyl sites for hydroxylation is 2. The van der Waals surface area contributed by atoms with Gasteiger partial charge in [-0.2, -0.15) is 10.3 Å². The number of nitrogens with one attached hydrogen (secondary N) is 1. The fourth-order valence-electron chi connectivity index (χ4n) is 4.70. The van der Waals surface area contributed by atoms with Gasteiger partial charge in [0.2, 0.25) is 5.82 Å². The SMILES string of the molecule is Cc1cccnc1N(C(=O)c1ccccc1-c1cnn(C)c1-c1nn[nH]n1)C1CCCN(C(=O)O)C1. The van der Waals surface area contributed by atoms with E-state index < -0.39 is 6.09 Å². The van der Waals surface area contributed by atoms with Crippen molar-refractivity contribution < 1.29 is 14.7 Å². The van der Waals surface area contributed by atoms with Gasteiger partial charge in [-0.1, -0.05) is 24.3 Å². The quantitative estimate of drug-likeness (QED) is 0.437. The van der Waals surface area contributed by atoms with E-state index in [1.165, 1.54) is 4.90 Å². The van der Waals surface area contributed by atoms with E-state index in [2.05, 4.69) is 30.7 Å². The molecule has 5 rings (SSSR count). The van der Waals surface area contributed by atoms with Crippen LogP contribution in [0.3, 0.4) is 0 Å². The van der Waals surface area contributed by atoms with Crippen LogP contribution < -0.4 is 4.90 Å². The summed E-state index contributed by atoms with van der Waals surface area (Å²) in [6.45, 7) is 2.54. The molecule has 2 amide bonds. The lowest BCUT2D eigenvalue weighted by atomic mass is 9.96. The Morgan fingerprint density at radius 3 is 2.75 bits per heavy atom. The Morgan fingerprint density at radius 2 is 2.00 bits per heavy atom. The highest BCUT2D eigenvalue weighted by Crippen LogP contribution is 2.34. The van der Waals surface area contributed by atoms with Gasteiger partial charge in [0.1, 0.15) is 11.5 Å². The number of pyridine rings is 1. The second kappa shape index (κ2) is 9.56. The number of carbonyl (C=O) groups excluding carboxylic acids is 1. The van der Waals surface area contributed by atoms with Crippen molar-refractivity contribution in [2.75, 3.05) is 18.0 Å². The molecule has 1 atom stereocenters. The molecule has 1 aliphatic heterocycles. The van der Waals surface area contributed by atoms with Crippen molar-refractivity contribution in [3.63, 3.8) is 0 Å². The number of benzene rings is 1. The molecule has 0 radical (unpaired) electrons. The van der Waals surface area contributed by atoms with Crippen molar-refractivity contribution in [2.24, 2.45) is 7.05 Å². The average molecular weight is 488 g/mol. The van der Waals surface area contributed by atoms with Crippen molar-refractivity contribution in [1.29, 1.82) is 0 Å². The first kappa shape index (κ1) is 23.1. The second-order valence-corrected chi connectivity index (χ2v) is 8.66. The highest BCUT2D eigenvalue weighted by molar-refractivity contribution is 6.11. The molecule has 1 saturated heterocycles. The van der Waals surface area contributed by atoms with E-state index >= 15 is 0 Å². The first-order chi connectivity index (χ1) is 17.5. The van der Waals surface area contributed by atoms with Crippen molar-refractivity contribution in [1.82, 2.24) is 40.3 Å². The summed E-state index contributed by atoms with van der Waals surface area (Å²) in [5.41, 5.74) is 3.20. The Bertz CT molecular complexity index is 1400. The molecule has 0 aliphatic carbocycles. The zero-order chi connectivity index (χ0) is 25.2. The minimum absolute atomic E-state index is 0.209. The number of piperidine rings is 1. The summed E-state index contributed by atoms with van der Waals surface area (Å²) in [6.07, 6.45) is 3.63. The number of carbonyl (C=O) groups is 2. The summed E-state index contributed by atoms with van der Waals surface area (Å²) in [5, 5.41) is 28.3. The number of anilines is 1. The van der Waals surface area contributed by atoms with Gasteiger partial charge < -0.3 is 10.0 Å². The van der Waals surface area contributed by atoms with E-state index in [1.54, 1.807) is 41.2 Å². The molecule has 12 nitrogen and oxygen atoms in total. The first-order valence-electron chi connectivity index (χ1n) is 11.5. The lowest BCUT2D eigenvalue weighted by Crippen LogP contribution is -2.52. The maximum absolute atomic E-state index is 14.3. The maximum Gasteiger partial charge on any atom is 0.407 e. The van der Waals surface area contributed by atoms with Gasteiger partial charge in [0.15, 0.2) is 0 Å². The number of rotatable bonds is 5. The van der Waals surface area contributed by atoms with Crippen LogP contribution in [-0.4, -0.2) is 76.5 Å². The topological polar surface area (TPSA) is 146 Å². The van der Waals surface area contributed by atoms with Crippen LogP contribution in [0, 0.1) is 6.92 Å². The molecule has 36 heavy (non-hydrogen) atoms. The highest BCUT2D eigenvalue weighted by atomic mass is 16.4. The Labute approximate surface area is 206 Å². The number of aromatic amines is 1. The zero-order valence-corrected chi connectivity index (χ0v) is 19.9.